The molecule has 1 fully saturated rings. The number of hydrogen-bond acceptors (Lipinski definition) is 5. The number of benzene rings is 1. The van der Waals surface area contributed by atoms with Gasteiger partial charge in [0.05, 0.1) is 6.20 Å². The van der Waals surface area contributed by atoms with Gasteiger partial charge in [-0.25, -0.2) is 9.37 Å². The Kier molecular flexibility index (Phi) is 6.84. The highest BCUT2D eigenvalue weighted by Gasteiger charge is 2.24. The maximum absolute atomic E-state index is 13.4. The summed E-state index contributed by atoms with van der Waals surface area (Å²) in [5.74, 6) is -0.291. The molecule has 0 bridgehead atoms. The van der Waals surface area contributed by atoms with Crippen molar-refractivity contribution >= 4 is 5.91 Å². The van der Waals surface area contributed by atoms with Gasteiger partial charge >= 0.3 is 0 Å². The van der Waals surface area contributed by atoms with Gasteiger partial charge in [-0.15, -0.1) is 0 Å². The average Bonchev–Trinajstić information content (AvgIpc) is 3.16. The van der Waals surface area contributed by atoms with Gasteiger partial charge in [0.2, 0.25) is 0 Å². The van der Waals surface area contributed by atoms with E-state index < -0.39 is 0 Å². The number of hydrazine groups is 1. The third kappa shape index (κ3) is 5.55. The minimum Gasteiger partial charge on any atom is -0.340 e. The third-order valence-electron chi connectivity index (χ3n) is 4.91. The molecule has 6 nitrogen and oxygen atoms in total. The second kappa shape index (κ2) is 9.53. The van der Waals surface area contributed by atoms with Crippen LogP contribution in [0.15, 0.2) is 42.9 Å². The Labute approximate surface area is 159 Å². The maximum atomic E-state index is 13.4. The van der Waals surface area contributed by atoms with Crippen molar-refractivity contribution in [3.05, 3.63) is 59.9 Å². The van der Waals surface area contributed by atoms with Gasteiger partial charge < -0.3 is 4.90 Å². The summed E-state index contributed by atoms with van der Waals surface area (Å²) in [6.07, 6.45) is 9.68. The monoisotopic (exact) mass is 371 g/mol. The molecule has 0 aliphatic carbocycles. The fraction of sp³-hybridized carbons (Fsp3) is 0.450. The predicted molar refractivity (Wildman–Crippen MR) is 101 cm³/mol. The first-order valence-corrected chi connectivity index (χ1v) is 9.41. The zero-order valence-corrected chi connectivity index (χ0v) is 15.6. The molecule has 2 atom stereocenters. The van der Waals surface area contributed by atoms with E-state index in [1.165, 1.54) is 18.5 Å². The van der Waals surface area contributed by atoms with Gasteiger partial charge in [-0.1, -0.05) is 25.0 Å². The lowest BCUT2D eigenvalue weighted by Gasteiger charge is -2.16. The minimum atomic E-state index is -0.196. The van der Waals surface area contributed by atoms with Gasteiger partial charge in [-0.3, -0.25) is 20.6 Å². The van der Waals surface area contributed by atoms with Crippen LogP contribution in [0.25, 0.3) is 0 Å². The van der Waals surface area contributed by atoms with E-state index in [1.807, 2.05) is 6.07 Å². The molecule has 2 aromatic rings. The predicted octanol–water partition coefficient (Wildman–Crippen LogP) is 2.86. The van der Waals surface area contributed by atoms with E-state index >= 15 is 0 Å². The summed E-state index contributed by atoms with van der Waals surface area (Å²) in [6, 6.07) is 7.30. The van der Waals surface area contributed by atoms with Gasteiger partial charge in [0.15, 0.2) is 0 Å². The Bertz CT molecular complexity index is 742. The number of carbonyl (C=O) groups excluding carboxylic acids is 1. The molecule has 2 N–H and O–H groups in total. The van der Waals surface area contributed by atoms with E-state index in [0.29, 0.717) is 18.3 Å². The van der Waals surface area contributed by atoms with Crippen LogP contribution in [0.2, 0.25) is 0 Å². The molecule has 0 saturated carbocycles. The van der Waals surface area contributed by atoms with Gasteiger partial charge in [0.25, 0.3) is 5.91 Å². The first kappa shape index (κ1) is 19.4. The van der Waals surface area contributed by atoms with Crippen molar-refractivity contribution < 1.29 is 9.18 Å². The molecule has 3 rings (SSSR count). The largest absolute Gasteiger partial charge is 0.340 e. The van der Waals surface area contributed by atoms with E-state index in [2.05, 4.69) is 20.8 Å². The molecule has 1 aliphatic heterocycles. The van der Waals surface area contributed by atoms with Gasteiger partial charge in [-0.2, -0.15) is 0 Å². The SMILES string of the molecule is CN(CCCCCC1CC(c2cccc(F)c2)NN1)C(=O)c1cnccn1. The molecule has 1 amide bonds. The molecule has 2 heterocycles. The minimum absolute atomic E-state index is 0.0947. The van der Waals surface area contributed by atoms with Gasteiger partial charge in [-0.05, 0) is 37.0 Å². The van der Waals surface area contributed by atoms with E-state index in [0.717, 1.165) is 37.7 Å². The maximum Gasteiger partial charge on any atom is 0.273 e. The van der Waals surface area contributed by atoms with Crippen LogP contribution in [0.4, 0.5) is 4.39 Å². The Morgan fingerprint density at radius 1 is 1.26 bits per heavy atom. The summed E-state index contributed by atoms with van der Waals surface area (Å²) in [6.45, 7) is 0.706. The van der Waals surface area contributed by atoms with Gasteiger partial charge in [0, 0.05) is 38.1 Å². The number of aromatic nitrogens is 2. The first-order chi connectivity index (χ1) is 13.1. The van der Waals surface area contributed by atoms with Crippen LogP contribution >= 0.6 is 0 Å². The Hall–Kier alpha value is -2.38. The van der Waals surface area contributed by atoms with Crippen LogP contribution in [0.1, 0.15) is 54.2 Å². The van der Waals surface area contributed by atoms with Crippen molar-refractivity contribution in [3.8, 4) is 0 Å². The van der Waals surface area contributed by atoms with E-state index in [1.54, 1.807) is 30.3 Å². The van der Waals surface area contributed by atoms with E-state index in [4.69, 9.17) is 0 Å². The van der Waals surface area contributed by atoms with Crippen molar-refractivity contribution in [1.29, 1.82) is 0 Å². The van der Waals surface area contributed by atoms with Crippen LogP contribution in [0, 0.1) is 5.82 Å². The second-order valence-electron chi connectivity index (χ2n) is 7.00. The molecular formula is C20H26FN5O. The summed E-state index contributed by atoms with van der Waals surface area (Å²) in [4.78, 5) is 21.9. The molecular weight excluding hydrogens is 345 g/mol. The number of nitrogens with zero attached hydrogens (tertiary/aromatic N) is 3. The number of amides is 1. The quantitative estimate of drug-likeness (QED) is 0.699. The Morgan fingerprint density at radius 2 is 2.15 bits per heavy atom. The average molecular weight is 371 g/mol. The molecule has 144 valence electrons. The van der Waals surface area contributed by atoms with Crippen LogP contribution in [-0.2, 0) is 0 Å². The molecule has 0 radical (unpaired) electrons. The van der Waals surface area contributed by atoms with Crippen molar-refractivity contribution in [3.63, 3.8) is 0 Å². The number of unbranched alkanes of at least 4 members (excludes halogenated alkanes) is 2. The van der Waals surface area contributed by atoms with Crippen molar-refractivity contribution in [2.24, 2.45) is 0 Å². The number of rotatable bonds is 8. The van der Waals surface area contributed by atoms with Crippen LogP contribution in [0.3, 0.4) is 0 Å². The lowest BCUT2D eigenvalue weighted by atomic mass is 9.99. The van der Waals surface area contributed by atoms with E-state index in [-0.39, 0.29) is 17.8 Å². The normalized spacial score (nSPS) is 19.2. The molecule has 1 aromatic heterocycles. The van der Waals surface area contributed by atoms with Crippen LogP contribution < -0.4 is 10.9 Å². The highest BCUT2D eigenvalue weighted by molar-refractivity contribution is 5.91. The summed E-state index contributed by atoms with van der Waals surface area (Å²) in [7, 11) is 1.79. The lowest BCUT2D eigenvalue weighted by molar-refractivity contribution is 0.0786. The third-order valence-corrected chi connectivity index (χ3v) is 4.91. The summed E-state index contributed by atoms with van der Waals surface area (Å²) in [5, 5.41) is 0. The highest BCUT2D eigenvalue weighted by atomic mass is 19.1. The first-order valence-electron chi connectivity index (χ1n) is 9.41. The van der Waals surface area contributed by atoms with Gasteiger partial charge in [0.1, 0.15) is 11.5 Å². The number of hydrogen-bond donors (Lipinski definition) is 2. The Balaban J connectivity index is 1.32. The number of carbonyl (C=O) groups is 1. The second-order valence-corrected chi connectivity index (χ2v) is 7.00. The molecule has 0 spiro atoms. The highest BCUT2D eigenvalue weighted by Crippen LogP contribution is 2.25. The van der Waals surface area contributed by atoms with Crippen molar-refractivity contribution in [2.75, 3.05) is 13.6 Å². The number of halogens is 1. The lowest BCUT2D eigenvalue weighted by Crippen LogP contribution is -2.31. The molecule has 1 aromatic carbocycles. The topological polar surface area (TPSA) is 70.2 Å². The Morgan fingerprint density at radius 3 is 2.93 bits per heavy atom. The van der Waals surface area contributed by atoms with Crippen LogP contribution in [-0.4, -0.2) is 40.4 Å². The summed E-state index contributed by atoms with van der Waals surface area (Å²) < 4.78 is 13.4. The molecule has 2 unspecified atom stereocenters. The molecule has 1 saturated heterocycles. The summed E-state index contributed by atoms with van der Waals surface area (Å²) >= 11 is 0. The zero-order chi connectivity index (χ0) is 19.1. The van der Waals surface area contributed by atoms with Crippen molar-refractivity contribution in [2.45, 2.75) is 44.2 Å². The molecule has 7 heteroatoms. The summed E-state index contributed by atoms with van der Waals surface area (Å²) in [5.41, 5.74) is 7.93. The standard InChI is InChI=1S/C20H26FN5O/c1-26(20(27)19-14-22-9-10-23-19)11-4-2-3-8-17-13-18(25-24-17)15-6-5-7-16(21)12-15/h5-7,9-10,12,14,17-18,24-25H,2-4,8,11,13H2,1H3. The van der Waals surface area contributed by atoms with Crippen LogP contribution in [0.5, 0.6) is 0 Å². The fourth-order valence-electron chi connectivity index (χ4n) is 3.38. The molecule has 1 aliphatic rings. The fourth-order valence-corrected chi connectivity index (χ4v) is 3.38. The van der Waals surface area contributed by atoms with E-state index in [9.17, 15) is 9.18 Å². The van der Waals surface area contributed by atoms with Crippen molar-refractivity contribution in [1.82, 2.24) is 25.7 Å². The number of nitrogens with one attached hydrogen (secondary N) is 2. The smallest absolute Gasteiger partial charge is 0.273 e. The zero-order valence-electron chi connectivity index (χ0n) is 15.6. The molecule has 27 heavy (non-hydrogen) atoms.